The minimum atomic E-state index is -3.58. The zero-order chi connectivity index (χ0) is 18.3. The highest BCUT2D eigenvalue weighted by atomic mass is 35.5. The van der Waals surface area contributed by atoms with Crippen LogP contribution >= 0.6 is 12.4 Å². The normalized spacial score (nSPS) is 16.5. The Kier molecular flexibility index (Phi) is 8.99. The van der Waals surface area contributed by atoms with E-state index in [2.05, 4.69) is 15.4 Å². The summed E-state index contributed by atoms with van der Waals surface area (Å²) < 4.78 is 31.9. The lowest BCUT2D eigenvalue weighted by molar-refractivity contribution is 0.0511. The van der Waals surface area contributed by atoms with Crippen LogP contribution in [-0.4, -0.2) is 54.2 Å². The molecule has 148 valence electrons. The molecular weight excluding hydrogens is 378 g/mol. The molecule has 0 saturated carbocycles. The van der Waals surface area contributed by atoms with E-state index in [4.69, 9.17) is 4.74 Å². The van der Waals surface area contributed by atoms with Crippen molar-refractivity contribution < 1.29 is 17.9 Å². The Morgan fingerprint density at radius 3 is 2.62 bits per heavy atom. The van der Waals surface area contributed by atoms with Gasteiger partial charge in [-0.1, -0.05) is 13.0 Å². The predicted octanol–water partition coefficient (Wildman–Crippen LogP) is 1.15. The molecule has 0 aliphatic carbocycles. The number of carbonyl (C=O) groups excluding carboxylic acids is 1. The number of rotatable bonds is 8. The maximum Gasteiger partial charge on any atom is 0.251 e. The molecule has 1 saturated heterocycles. The highest BCUT2D eigenvalue weighted by Crippen LogP contribution is 2.28. The smallest absolute Gasteiger partial charge is 0.251 e. The first-order valence-corrected chi connectivity index (χ1v) is 9.98. The second-order valence-electron chi connectivity index (χ2n) is 6.39. The molecule has 1 fully saturated rings. The van der Waals surface area contributed by atoms with Crippen LogP contribution in [0.2, 0.25) is 0 Å². The van der Waals surface area contributed by atoms with E-state index in [1.807, 2.05) is 0 Å². The average molecular weight is 406 g/mol. The van der Waals surface area contributed by atoms with Gasteiger partial charge in [-0.25, -0.2) is 13.1 Å². The fourth-order valence-electron chi connectivity index (χ4n) is 3.08. The van der Waals surface area contributed by atoms with Gasteiger partial charge in [0.1, 0.15) is 0 Å². The van der Waals surface area contributed by atoms with Crippen molar-refractivity contribution in [2.45, 2.75) is 24.7 Å². The molecule has 0 atom stereocenters. The summed E-state index contributed by atoms with van der Waals surface area (Å²) in [5.41, 5.74) is 0.254. The third-order valence-electron chi connectivity index (χ3n) is 4.48. The number of methoxy groups -OCH3 is 1. The summed E-state index contributed by atoms with van der Waals surface area (Å²) in [6.45, 7) is 4.90. The van der Waals surface area contributed by atoms with Crippen LogP contribution in [0.3, 0.4) is 0 Å². The predicted molar refractivity (Wildman–Crippen MR) is 103 cm³/mol. The first kappa shape index (κ1) is 22.9. The van der Waals surface area contributed by atoms with Crippen molar-refractivity contribution in [3.05, 3.63) is 29.8 Å². The Morgan fingerprint density at radius 1 is 1.31 bits per heavy atom. The third kappa shape index (κ3) is 5.92. The molecule has 7 nitrogen and oxygen atoms in total. The zero-order valence-corrected chi connectivity index (χ0v) is 16.8. The number of piperidine rings is 1. The summed E-state index contributed by atoms with van der Waals surface area (Å²) in [5.74, 6) is -0.275. The maximum absolute atomic E-state index is 12.5. The van der Waals surface area contributed by atoms with E-state index < -0.39 is 10.0 Å². The second-order valence-corrected chi connectivity index (χ2v) is 8.16. The third-order valence-corrected chi connectivity index (χ3v) is 6.02. The average Bonchev–Trinajstić information content (AvgIpc) is 2.61. The quantitative estimate of drug-likeness (QED) is 0.603. The number of halogens is 1. The van der Waals surface area contributed by atoms with Crippen LogP contribution in [0.5, 0.6) is 0 Å². The maximum atomic E-state index is 12.5. The van der Waals surface area contributed by atoms with Crippen molar-refractivity contribution in [3.8, 4) is 0 Å². The summed E-state index contributed by atoms with van der Waals surface area (Å²) in [6, 6.07) is 6.08. The van der Waals surface area contributed by atoms with Crippen LogP contribution in [0.25, 0.3) is 0 Å². The number of nitrogens with one attached hydrogen (secondary N) is 3. The van der Waals surface area contributed by atoms with Crippen molar-refractivity contribution >= 4 is 28.3 Å². The number of hydrogen-bond donors (Lipinski definition) is 3. The van der Waals surface area contributed by atoms with E-state index in [1.54, 1.807) is 26.2 Å². The van der Waals surface area contributed by atoms with Gasteiger partial charge in [-0.3, -0.25) is 4.79 Å². The molecule has 0 spiro atoms. The minimum absolute atomic E-state index is 0. The number of sulfonamides is 1. The molecule has 1 amide bonds. The number of hydrogen-bond acceptors (Lipinski definition) is 5. The van der Waals surface area contributed by atoms with Gasteiger partial charge in [-0.05, 0) is 44.1 Å². The topological polar surface area (TPSA) is 96.5 Å². The monoisotopic (exact) mass is 405 g/mol. The number of carbonyl (C=O) groups is 1. The van der Waals surface area contributed by atoms with Crippen LogP contribution in [0.4, 0.5) is 0 Å². The van der Waals surface area contributed by atoms with Crippen LogP contribution < -0.4 is 15.4 Å². The highest BCUT2D eigenvalue weighted by Gasteiger charge is 2.32. The Bertz CT molecular complexity index is 685. The lowest BCUT2D eigenvalue weighted by atomic mass is 9.79. The lowest BCUT2D eigenvalue weighted by Crippen LogP contribution is -2.47. The molecule has 0 unspecified atom stereocenters. The Balaban J connectivity index is 0.00000338. The van der Waals surface area contributed by atoms with Gasteiger partial charge in [0, 0.05) is 31.2 Å². The molecule has 1 aromatic rings. The van der Waals surface area contributed by atoms with E-state index in [0.29, 0.717) is 25.3 Å². The number of ether oxygens (including phenoxy) is 1. The summed E-state index contributed by atoms with van der Waals surface area (Å²) >= 11 is 0. The summed E-state index contributed by atoms with van der Waals surface area (Å²) in [5, 5.41) is 6.25. The molecular formula is C17H28ClN3O4S. The van der Waals surface area contributed by atoms with Gasteiger partial charge in [0.2, 0.25) is 10.0 Å². The van der Waals surface area contributed by atoms with Crippen molar-refractivity contribution in [2.24, 2.45) is 5.41 Å². The molecule has 1 aliphatic heterocycles. The summed E-state index contributed by atoms with van der Waals surface area (Å²) in [4.78, 5) is 12.6. The lowest BCUT2D eigenvalue weighted by Gasteiger charge is -2.37. The largest absolute Gasteiger partial charge is 0.384 e. The molecule has 3 N–H and O–H groups in total. The Hall–Kier alpha value is -1.19. The first-order valence-electron chi connectivity index (χ1n) is 8.50. The molecule has 26 heavy (non-hydrogen) atoms. The molecule has 0 aromatic heterocycles. The van der Waals surface area contributed by atoms with E-state index in [1.165, 1.54) is 12.1 Å². The first-order chi connectivity index (χ1) is 11.9. The van der Waals surface area contributed by atoms with Gasteiger partial charge in [0.15, 0.2) is 0 Å². The number of benzene rings is 1. The Labute approximate surface area is 161 Å². The van der Waals surface area contributed by atoms with Crippen LogP contribution in [0.1, 0.15) is 30.1 Å². The fourth-order valence-corrected chi connectivity index (χ4v) is 4.17. The molecule has 9 heteroatoms. The minimum Gasteiger partial charge on any atom is -0.384 e. The van der Waals surface area contributed by atoms with Crippen molar-refractivity contribution in [1.29, 1.82) is 0 Å². The van der Waals surface area contributed by atoms with E-state index >= 15 is 0 Å². The molecule has 1 aliphatic rings. The highest BCUT2D eigenvalue weighted by molar-refractivity contribution is 7.89. The van der Waals surface area contributed by atoms with E-state index in [-0.39, 0.29) is 28.6 Å². The van der Waals surface area contributed by atoms with Gasteiger partial charge in [0.05, 0.1) is 11.5 Å². The Morgan fingerprint density at radius 2 is 2.00 bits per heavy atom. The molecule has 1 aromatic carbocycles. The SMILES string of the molecule is CCNS(=O)(=O)c1cccc(C(=O)NCC2(COC)CCNCC2)c1.Cl. The van der Waals surface area contributed by atoms with Gasteiger partial charge in [0.25, 0.3) is 5.91 Å². The van der Waals surface area contributed by atoms with Crippen LogP contribution in [0, 0.1) is 5.41 Å². The zero-order valence-electron chi connectivity index (χ0n) is 15.2. The molecule has 0 radical (unpaired) electrons. The van der Waals surface area contributed by atoms with Crippen molar-refractivity contribution in [2.75, 3.05) is 39.9 Å². The van der Waals surface area contributed by atoms with Gasteiger partial charge in [-0.2, -0.15) is 0 Å². The standard InChI is InChI=1S/C17H27N3O4S.ClH/c1-3-20-25(22,23)15-6-4-5-14(11-15)16(21)19-12-17(13-24-2)7-9-18-10-8-17;/h4-6,11,18,20H,3,7-10,12-13H2,1-2H3,(H,19,21);1H. The van der Waals surface area contributed by atoms with Gasteiger partial charge in [-0.15, -0.1) is 12.4 Å². The summed E-state index contributed by atoms with van der Waals surface area (Å²) in [6.07, 6.45) is 1.85. The summed E-state index contributed by atoms with van der Waals surface area (Å²) in [7, 11) is -1.91. The van der Waals surface area contributed by atoms with E-state index in [0.717, 1.165) is 25.9 Å². The van der Waals surface area contributed by atoms with Gasteiger partial charge < -0.3 is 15.4 Å². The van der Waals surface area contributed by atoms with Crippen LogP contribution in [0.15, 0.2) is 29.2 Å². The second kappa shape index (κ2) is 10.2. The van der Waals surface area contributed by atoms with E-state index in [9.17, 15) is 13.2 Å². The fraction of sp³-hybridized carbons (Fsp3) is 0.588. The van der Waals surface area contributed by atoms with Crippen LogP contribution in [-0.2, 0) is 14.8 Å². The van der Waals surface area contributed by atoms with Gasteiger partial charge >= 0.3 is 0 Å². The molecule has 1 heterocycles. The number of amides is 1. The van der Waals surface area contributed by atoms with Crippen molar-refractivity contribution in [3.63, 3.8) is 0 Å². The molecule has 2 rings (SSSR count). The molecule has 0 bridgehead atoms. The van der Waals surface area contributed by atoms with Crippen molar-refractivity contribution in [1.82, 2.24) is 15.4 Å².